The lowest BCUT2D eigenvalue weighted by atomic mass is 10.1. The van der Waals surface area contributed by atoms with Crippen LogP contribution < -0.4 is 10.1 Å². The molecule has 0 heterocycles. The number of ether oxygens (including phenoxy) is 1. The van der Waals surface area contributed by atoms with Crippen LogP contribution in [-0.2, 0) is 16.1 Å². The number of amides is 2. The summed E-state index contributed by atoms with van der Waals surface area (Å²) in [5.74, 6) is 0.0649. The van der Waals surface area contributed by atoms with E-state index in [9.17, 15) is 9.59 Å². The first-order valence-corrected chi connectivity index (χ1v) is 12.4. The van der Waals surface area contributed by atoms with Gasteiger partial charge in [0.1, 0.15) is 11.8 Å². The Morgan fingerprint density at radius 2 is 1.74 bits per heavy atom. The predicted octanol–water partition coefficient (Wildman–Crippen LogP) is 6.36. The van der Waals surface area contributed by atoms with Crippen molar-refractivity contribution < 1.29 is 14.3 Å². The molecule has 0 saturated heterocycles. The second-order valence-electron chi connectivity index (χ2n) is 9.16. The fraction of sp³-hybridized carbons (Fsp3) is 0.333. The fourth-order valence-electron chi connectivity index (χ4n) is 3.73. The first-order valence-electron chi connectivity index (χ1n) is 11.3. The third-order valence-electron chi connectivity index (χ3n) is 5.36. The number of hydrogen-bond donors (Lipinski definition) is 1. The van der Waals surface area contributed by atoms with Crippen LogP contribution in [0, 0.1) is 0 Å². The molecule has 0 bridgehead atoms. The zero-order valence-corrected chi connectivity index (χ0v) is 22.2. The van der Waals surface area contributed by atoms with Crippen molar-refractivity contribution in [3.8, 4) is 5.75 Å². The van der Waals surface area contributed by atoms with Gasteiger partial charge in [-0.25, -0.2) is 0 Å². The van der Waals surface area contributed by atoms with Crippen LogP contribution >= 0.6 is 27.5 Å². The zero-order chi connectivity index (χ0) is 24.9. The zero-order valence-electron chi connectivity index (χ0n) is 19.9. The van der Waals surface area contributed by atoms with Crippen LogP contribution in [0.5, 0.6) is 5.75 Å². The molecule has 0 fully saturated rings. The molecule has 0 aromatic heterocycles. The minimum atomic E-state index is -0.661. The Kier molecular flexibility index (Phi) is 8.61. The van der Waals surface area contributed by atoms with Crippen LogP contribution in [0.4, 0.5) is 0 Å². The first-order chi connectivity index (χ1) is 16.1. The highest BCUT2D eigenvalue weighted by Crippen LogP contribution is 2.33. The molecule has 0 aliphatic rings. The second kappa shape index (κ2) is 11.2. The SMILES string of the molecule is CCC(C(=O)NC(C)(C)C)N(Cc1ccccc1Cl)C(=O)COc1ccc2ccccc2c1Br. The number of carbonyl (C=O) groups is 2. The van der Waals surface area contributed by atoms with E-state index in [1.165, 1.54) is 0 Å². The van der Waals surface area contributed by atoms with Crippen molar-refractivity contribution in [2.45, 2.75) is 52.2 Å². The summed E-state index contributed by atoms with van der Waals surface area (Å²) >= 11 is 9.98. The van der Waals surface area contributed by atoms with E-state index in [-0.39, 0.29) is 25.0 Å². The van der Waals surface area contributed by atoms with E-state index < -0.39 is 11.6 Å². The molecule has 180 valence electrons. The molecule has 0 aliphatic carbocycles. The number of nitrogens with one attached hydrogen (secondary N) is 1. The van der Waals surface area contributed by atoms with Crippen molar-refractivity contribution in [2.24, 2.45) is 0 Å². The second-order valence-corrected chi connectivity index (χ2v) is 10.4. The number of hydrogen-bond acceptors (Lipinski definition) is 3. The van der Waals surface area contributed by atoms with Gasteiger partial charge in [0.05, 0.1) is 4.47 Å². The largest absolute Gasteiger partial charge is 0.483 e. The Balaban J connectivity index is 1.86. The Hall–Kier alpha value is -2.57. The molecule has 1 N–H and O–H groups in total. The summed E-state index contributed by atoms with van der Waals surface area (Å²) in [4.78, 5) is 28.1. The van der Waals surface area contributed by atoms with Gasteiger partial charge in [-0.15, -0.1) is 0 Å². The summed E-state index contributed by atoms with van der Waals surface area (Å²) in [5, 5.41) is 5.61. The van der Waals surface area contributed by atoms with Gasteiger partial charge in [0, 0.05) is 17.1 Å². The summed E-state index contributed by atoms with van der Waals surface area (Å²) in [6, 6.07) is 18.4. The quantitative estimate of drug-likeness (QED) is 0.358. The average molecular weight is 546 g/mol. The van der Waals surface area contributed by atoms with Crippen LogP contribution in [0.3, 0.4) is 0 Å². The summed E-state index contributed by atoms with van der Waals surface area (Å²) in [6.45, 7) is 7.63. The van der Waals surface area contributed by atoms with E-state index in [1.54, 1.807) is 11.0 Å². The highest BCUT2D eigenvalue weighted by atomic mass is 79.9. The molecule has 2 amide bonds. The molecule has 0 spiro atoms. The van der Waals surface area contributed by atoms with Gasteiger partial charge in [0.25, 0.3) is 5.91 Å². The van der Waals surface area contributed by atoms with Crippen molar-refractivity contribution in [3.05, 3.63) is 75.7 Å². The standard InChI is InChI=1S/C27H30BrClN2O3/c1-5-22(26(33)30-27(2,3)4)31(16-19-11-7-9-13-21(19)29)24(32)17-34-23-15-14-18-10-6-8-12-20(18)25(23)28/h6-15,22H,5,16-17H2,1-4H3,(H,30,33). The molecule has 0 saturated carbocycles. The number of nitrogens with zero attached hydrogens (tertiary/aromatic N) is 1. The smallest absolute Gasteiger partial charge is 0.261 e. The molecule has 1 unspecified atom stereocenters. The Morgan fingerprint density at radius 1 is 1.06 bits per heavy atom. The van der Waals surface area contributed by atoms with E-state index in [0.717, 1.165) is 20.8 Å². The molecule has 0 aliphatic heterocycles. The van der Waals surface area contributed by atoms with E-state index in [2.05, 4.69) is 21.2 Å². The lowest BCUT2D eigenvalue weighted by Gasteiger charge is -2.33. The molecule has 3 aromatic rings. The summed E-state index contributed by atoms with van der Waals surface area (Å²) in [7, 11) is 0. The predicted molar refractivity (Wildman–Crippen MR) is 141 cm³/mol. The summed E-state index contributed by atoms with van der Waals surface area (Å²) < 4.78 is 6.71. The van der Waals surface area contributed by atoms with Gasteiger partial charge in [-0.1, -0.05) is 67.1 Å². The van der Waals surface area contributed by atoms with Gasteiger partial charge >= 0.3 is 0 Å². The maximum atomic E-state index is 13.4. The van der Waals surface area contributed by atoms with Gasteiger partial charge in [0.2, 0.25) is 5.91 Å². The lowest BCUT2D eigenvalue weighted by molar-refractivity contribution is -0.143. The van der Waals surface area contributed by atoms with Crippen molar-refractivity contribution in [1.82, 2.24) is 10.2 Å². The van der Waals surface area contributed by atoms with Gasteiger partial charge < -0.3 is 15.0 Å². The van der Waals surface area contributed by atoms with Crippen LogP contribution in [0.1, 0.15) is 39.7 Å². The Bertz CT molecular complexity index is 1180. The molecular weight excluding hydrogens is 516 g/mol. The number of fused-ring (bicyclic) bond motifs is 1. The van der Waals surface area contributed by atoms with Crippen LogP contribution in [-0.4, -0.2) is 34.9 Å². The van der Waals surface area contributed by atoms with Gasteiger partial charge in [0.15, 0.2) is 6.61 Å². The van der Waals surface area contributed by atoms with Gasteiger partial charge in [-0.05, 0) is 71.6 Å². The first kappa shape index (κ1) is 26.0. The van der Waals surface area contributed by atoms with Gasteiger partial charge in [-0.3, -0.25) is 9.59 Å². The molecule has 5 nitrogen and oxygen atoms in total. The highest BCUT2D eigenvalue weighted by Gasteiger charge is 2.31. The Labute approximate surface area is 214 Å². The highest BCUT2D eigenvalue weighted by molar-refractivity contribution is 9.10. The van der Waals surface area contributed by atoms with Crippen LogP contribution in [0.15, 0.2) is 65.1 Å². The number of carbonyl (C=O) groups excluding carboxylic acids is 2. The monoisotopic (exact) mass is 544 g/mol. The van der Waals surface area contributed by atoms with Crippen molar-refractivity contribution in [1.29, 1.82) is 0 Å². The third kappa shape index (κ3) is 6.51. The van der Waals surface area contributed by atoms with Crippen molar-refractivity contribution in [2.75, 3.05) is 6.61 Å². The molecule has 0 radical (unpaired) electrons. The normalized spacial score (nSPS) is 12.3. The molecule has 7 heteroatoms. The van der Waals surface area contributed by atoms with E-state index >= 15 is 0 Å². The van der Waals surface area contributed by atoms with Gasteiger partial charge in [-0.2, -0.15) is 0 Å². The summed E-state index contributed by atoms with van der Waals surface area (Å²) in [5.41, 5.74) is 0.349. The maximum Gasteiger partial charge on any atom is 0.261 e. The van der Waals surface area contributed by atoms with E-state index in [1.807, 2.05) is 82.3 Å². The molecular formula is C27H30BrClN2O3. The third-order valence-corrected chi connectivity index (χ3v) is 6.55. The summed E-state index contributed by atoms with van der Waals surface area (Å²) in [6.07, 6.45) is 0.456. The molecule has 3 rings (SSSR count). The van der Waals surface area contributed by atoms with Crippen molar-refractivity contribution in [3.63, 3.8) is 0 Å². The average Bonchev–Trinajstić information content (AvgIpc) is 2.78. The molecule has 1 atom stereocenters. The maximum absolute atomic E-state index is 13.4. The Morgan fingerprint density at radius 3 is 2.41 bits per heavy atom. The molecule has 3 aromatic carbocycles. The molecule has 34 heavy (non-hydrogen) atoms. The number of benzene rings is 3. The van der Waals surface area contributed by atoms with Crippen LogP contribution in [0.2, 0.25) is 5.02 Å². The topological polar surface area (TPSA) is 58.6 Å². The van der Waals surface area contributed by atoms with E-state index in [4.69, 9.17) is 16.3 Å². The lowest BCUT2D eigenvalue weighted by Crippen LogP contribution is -2.54. The fourth-order valence-corrected chi connectivity index (χ4v) is 4.53. The van der Waals surface area contributed by atoms with Crippen LogP contribution in [0.25, 0.3) is 10.8 Å². The van der Waals surface area contributed by atoms with E-state index in [0.29, 0.717) is 17.2 Å². The minimum absolute atomic E-state index is 0.205. The number of halogens is 2. The minimum Gasteiger partial charge on any atom is -0.483 e. The number of rotatable bonds is 8. The van der Waals surface area contributed by atoms with Crippen molar-refractivity contribution >= 4 is 50.1 Å².